The minimum absolute atomic E-state index is 0.0822. The van der Waals surface area contributed by atoms with Crippen molar-refractivity contribution < 1.29 is 33.1 Å². The first-order chi connectivity index (χ1) is 11.2. The summed E-state index contributed by atoms with van der Waals surface area (Å²) in [5.41, 5.74) is -0.362. The molecule has 0 aliphatic carbocycles. The predicted molar refractivity (Wildman–Crippen MR) is 74.0 cm³/mol. The van der Waals surface area contributed by atoms with Gasteiger partial charge in [0.2, 0.25) is 11.8 Å². The third kappa shape index (κ3) is 2.41. The van der Waals surface area contributed by atoms with Crippen LogP contribution in [0.3, 0.4) is 0 Å². The molecule has 2 N–H and O–H groups in total. The van der Waals surface area contributed by atoms with Crippen molar-refractivity contribution in [2.24, 2.45) is 0 Å². The summed E-state index contributed by atoms with van der Waals surface area (Å²) < 4.78 is 27.2. The van der Waals surface area contributed by atoms with Gasteiger partial charge in [0, 0.05) is 24.1 Å². The lowest BCUT2D eigenvalue weighted by Gasteiger charge is -2.29. The molecule has 1 aromatic carbocycles. The average Bonchev–Trinajstić information content (AvgIpc) is 2.83. The topological polar surface area (TPSA) is 104 Å². The van der Waals surface area contributed by atoms with Crippen LogP contribution in [-0.2, 0) is 26.9 Å². The number of benzene rings is 1. The Morgan fingerprint density at radius 3 is 2.62 bits per heavy atom. The molecule has 0 bridgehead atoms. The van der Waals surface area contributed by atoms with Crippen LogP contribution in [0.25, 0.3) is 0 Å². The maximum Gasteiger partial charge on any atom is 0.379 e. The number of hydrogen-bond donors (Lipinski definition) is 2. The van der Waals surface area contributed by atoms with Crippen molar-refractivity contribution in [3.05, 3.63) is 34.9 Å². The van der Waals surface area contributed by atoms with Crippen LogP contribution in [0, 0.1) is 0 Å². The second-order valence-corrected chi connectivity index (χ2v) is 5.65. The number of hydrogen-bond acceptors (Lipinski definition) is 4. The smallest absolute Gasteiger partial charge is 0.379 e. The molecule has 1 atom stereocenters. The van der Waals surface area contributed by atoms with E-state index in [1.54, 1.807) is 0 Å². The van der Waals surface area contributed by atoms with Crippen LogP contribution in [0.1, 0.15) is 34.3 Å². The van der Waals surface area contributed by atoms with Crippen LogP contribution in [0.15, 0.2) is 18.2 Å². The van der Waals surface area contributed by atoms with Gasteiger partial charge in [0.25, 0.3) is 5.91 Å². The van der Waals surface area contributed by atoms with Crippen molar-refractivity contribution in [2.45, 2.75) is 31.4 Å². The van der Waals surface area contributed by atoms with Gasteiger partial charge in [-0.1, -0.05) is 6.07 Å². The second kappa shape index (κ2) is 5.36. The Morgan fingerprint density at radius 2 is 2.00 bits per heavy atom. The van der Waals surface area contributed by atoms with Crippen molar-refractivity contribution in [3.8, 4) is 0 Å². The highest BCUT2D eigenvalue weighted by molar-refractivity contribution is 6.05. The molecule has 0 saturated carbocycles. The summed E-state index contributed by atoms with van der Waals surface area (Å²) >= 11 is 0. The van der Waals surface area contributed by atoms with Crippen LogP contribution in [0.2, 0.25) is 0 Å². The van der Waals surface area contributed by atoms with Gasteiger partial charge in [-0.25, -0.2) is 4.79 Å². The van der Waals surface area contributed by atoms with E-state index in [4.69, 9.17) is 5.11 Å². The summed E-state index contributed by atoms with van der Waals surface area (Å²) in [6.45, 7) is -0.0933. The number of rotatable bonds is 3. The molecule has 9 heteroatoms. The summed E-state index contributed by atoms with van der Waals surface area (Å²) in [7, 11) is 0. The number of nitrogens with zero attached hydrogens (tertiary/aromatic N) is 1. The first-order valence-corrected chi connectivity index (χ1v) is 7.11. The molecule has 1 fully saturated rings. The highest BCUT2D eigenvalue weighted by atomic mass is 19.3. The number of carboxylic acids is 1. The zero-order valence-corrected chi connectivity index (χ0v) is 12.2. The number of carboxylic acid groups (broad SMARTS) is 1. The first kappa shape index (κ1) is 16.0. The number of amides is 3. The van der Waals surface area contributed by atoms with Crippen molar-refractivity contribution in [1.82, 2.24) is 10.2 Å². The van der Waals surface area contributed by atoms with Crippen molar-refractivity contribution in [3.63, 3.8) is 0 Å². The second-order valence-electron chi connectivity index (χ2n) is 5.65. The van der Waals surface area contributed by atoms with E-state index < -0.39 is 41.2 Å². The zero-order valence-electron chi connectivity index (χ0n) is 12.2. The van der Waals surface area contributed by atoms with Crippen LogP contribution in [-0.4, -0.2) is 39.7 Å². The molecule has 1 aromatic rings. The van der Waals surface area contributed by atoms with Crippen LogP contribution >= 0.6 is 0 Å². The van der Waals surface area contributed by atoms with E-state index >= 15 is 0 Å². The number of alkyl halides is 2. The predicted octanol–water partition coefficient (Wildman–Crippen LogP) is 0.624. The molecule has 2 aliphatic rings. The Morgan fingerprint density at radius 1 is 1.29 bits per heavy atom. The first-order valence-electron chi connectivity index (χ1n) is 7.11. The number of imide groups is 1. The van der Waals surface area contributed by atoms with Gasteiger partial charge in [-0.15, -0.1) is 0 Å². The van der Waals surface area contributed by atoms with Gasteiger partial charge in [0.05, 0.1) is 0 Å². The van der Waals surface area contributed by atoms with Gasteiger partial charge in [0.15, 0.2) is 0 Å². The number of nitrogens with one attached hydrogen (secondary N) is 1. The van der Waals surface area contributed by atoms with E-state index in [2.05, 4.69) is 5.32 Å². The van der Waals surface area contributed by atoms with Gasteiger partial charge in [0.1, 0.15) is 6.04 Å². The van der Waals surface area contributed by atoms with Crippen molar-refractivity contribution in [1.29, 1.82) is 0 Å². The highest BCUT2D eigenvalue weighted by Gasteiger charge is 2.43. The molecule has 2 aliphatic heterocycles. The fourth-order valence-corrected chi connectivity index (χ4v) is 2.89. The Balaban J connectivity index is 1.89. The largest absolute Gasteiger partial charge is 0.477 e. The maximum absolute atomic E-state index is 13.6. The molecule has 2 heterocycles. The summed E-state index contributed by atoms with van der Waals surface area (Å²) in [6, 6.07) is 2.13. The Labute approximate surface area is 134 Å². The van der Waals surface area contributed by atoms with E-state index in [1.807, 2.05) is 0 Å². The number of fused-ring (bicyclic) bond motifs is 1. The van der Waals surface area contributed by atoms with Gasteiger partial charge in [-0.2, -0.15) is 8.78 Å². The molecule has 0 radical (unpaired) electrons. The molecule has 24 heavy (non-hydrogen) atoms. The molecule has 3 amide bonds. The lowest BCUT2D eigenvalue weighted by Crippen LogP contribution is -2.52. The molecule has 0 aromatic heterocycles. The third-order valence-electron chi connectivity index (χ3n) is 4.15. The summed E-state index contributed by atoms with van der Waals surface area (Å²) in [5.74, 6) is -7.90. The van der Waals surface area contributed by atoms with E-state index in [0.717, 1.165) is 18.2 Å². The van der Waals surface area contributed by atoms with Gasteiger partial charge < -0.3 is 10.0 Å². The average molecular weight is 338 g/mol. The minimum atomic E-state index is -4.07. The Hall–Kier alpha value is -2.84. The molecule has 1 saturated heterocycles. The fraction of sp³-hybridized carbons (Fsp3) is 0.333. The number of carbonyl (C=O) groups excluding carboxylic acids is 3. The molecule has 0 spiro atoms. The van der Waals surface area contributed by atoms with Gasteiger partial charge in [-0.3, -0.25) is 19.7 Å². The quantitative estimate of drug-likeness (QED) is 0.787. The highest BCUT2D eigenvalue weighted by Crippen LogP contribution is 2.33. The standard InChI is InChI=1S/C15H12F2N2O5/c16-15(17,14(23)24)8-1-2-9-7(5-8)6-19(13(9)22)10-3-4-11(20)18-12(10)21/h1-2,5,10H,3-4,6H2,(H,23,24)(H,18,20,21). The number of piperidine rings is 1. The SMILES string of the molecule is O=C1CCC(N2Cc3cc(C(F)(F)C(=O)O)ccc3C2=O)C(=O)N1. The summed E-state index contributed by atoms with van der Waals surface area (Å²) in [5, 5.41) is 10.7. The Bertz CT molecular complexity index is 777. The van der Waals surface area contributed by atoms with Crippen molar-refractivity contribution >= 4 is 23.7 Å². The van der Waals surface area contributed by atoms with Crippen molar-refractivity contribution in [2.75, 3.05) is 0 Å². The van der Waals surface area contributed by atoms with Crippen LogP contribution < -0.4 is 5.32 Å². The normalized spacial score (nSPS) is 20.8. The minimum Gasteiger partial charge on any atom is -0.477 e. The van der Waals surface area contributed by atoms with Crippen LogP contribution in [0.4, 0.5) is 8.78 Å². The van der Waals surface area contributed by atoms with E-state index in [-0.39, 0.29) is 30.5 Å². The summed E-state index contributed by atoms with van der Waals surface area (Å²) in [4.78, 5) is 47.3. The van der Waals surface area contributed by atoms with Crippen LogP contribution in [0.5, 0.6) is 0 Å². The molecular formula is C15H12F2N2O5. The lowest BCUT2D eigenvalue weighted by atomic mass is 10.0. The zero-order chi connectivity index (χ0) is 17.6. The molecule has 3 rings (SSSR count). The molecule has 7 nitrogen and oxygen atoms in total. The van der Waals surface area contributed by atoms with E-state index in [0.29, 0.717) is 0 Å². The number of aliphatic carboxylic acids is 1. The maximum atomic E-state index is 13.6. The Kier molecular flexibility index (Phi) is 3.58. The fourth-order valence-electron chi connectivity index (χ4n) is 2.89. The lowest BCUT2D eigenvalue weighted by molar-refractivity contribution is -0.166. The van der Waals surface area contributed by atoms with Gasteiger partial charge >= 0.3 is 11.9 Å². The number of carbonyl (C=O) groups is 4. The van der Waals surface area contributed by atoms with Gasteiger partial charge in [-0.05, 0) is 24.1 Å². The van der Waals surface area contributed by atoms with E-state index in [9.17, 15) is 28.0 Å². The molecular weight excluding hydrogens is 326 g/mol. The number of halogens is 2. The summed E-state index contributed by atoms with van der Waals surface area (Å²) in [6.07, 6.45) is 0.238. The monoisotopic (exact) mass is 338 g/mol. The molecule has 1 unspecified atom stereocenters. The van der Waals surface area contributed by atoms with E-state index in [1.165, 1.54) is 4.90 Å². The molecule has 126 valence electrons. The third-order valence-corrected chi connectivity index (χ3v) is 4.15.